The highest BCUT2D eigenvalue weighted by Crippen LogP contribution is 2.31. The van der Waals surface area contributed by atoms with Crippen LogP contribution in [0.1, 0.15) is 24.1 Å². The second-order valence-corrected chi connectivity index (χ2v) is 7.07. The fourth-order valence-electron chi connectivity index (χ4n) is 3.69. The van der Waals surface area contributed by atoms with Crippen molar-refractivity contribution in [2.45, 2.75) is 31.8 Å². The van der Waals surface area contributed by atoms with Crippen LogP contribution in [0.3, 0.4) is 0 Å². The number of rotatable bonds is 4. The highest BCUT2D eigenvalue weighted by Gasteiger charge is 2.44. The molecule has 0 aliphatic carbocycles. The first-order chi connectivity index (χ1) is 12.6. The molecule has 3 heterocycles. The molecule has 26 heavy (non-hydrogen) atoms. The van der Waals surface area contributed by atoms with Crippen LogP contribution in [-0.4, -0.2) is 43.8 Å². The molecule has 134 valence electrons. The number of nitrogens with zero attached hydrogens (tertiary/aromatic N) is 4. The Hall–Kier alpha value is -2.73. The number of hydrogen-bond donors (Lipinski definition) is 1. The molecule has 0 bridgehead atoms. The second-order valence-electron chi connectivity index (χ2n) is 7.07. The molecule has 6 nitrogen and oxygen atoms in total. The predicted molar refractivity (Wildman–Crippen MR) is 98.8 cm³/mol. The Morgan fingerprint density at radius 2 is 1.96 bits per heavy atom. The molecule has 1 aliphatic rings. The quantitative estimate of drug-likeness (QED) is 0.783. The summed E-state index contributed by atoms with van der Waals surface area (Å²) in [7, 11) is 0. The number of aliphatic carboxylic acids is 1. The number of aromatic nitrogens is 3. The summed E-state index contributed by atoms with van der Waals surface area (Å²) in [5.74, 6) is -0.802. The van der Waals surface area contributed by atoms with Crippen molar-refractivity contribution in [2.24, 2.45) is 0 Å². The minimum Gasteiger partial charge on any atom is -0.479 e. The predicted octanol–water partition coefficient (Wildman–Crippen LogP) is 2.82. The van der Waals surface area contributed by atoms with E-state index in [2.05, 4.69) is 28.2 Å². The number of carboxylic acids is 1. The van der Waals surface area contributed by atoms with E-state index in [9.17, 15) is 9.90 Å². The Kier molecular flexibility index (Phi) is 4.20. The third-order valence-corrected chi connectivity index (χ3v) is 5.27. The topological polar surface area (TPSA) is 71.2 Å². The van der Waals surface area contributed by atoms with Crippen molar-refractivity contribution in [3.8, 4) is 0 Å². The summed E-state index contributed by atoms with van der Waals surface area (Å²) in [4.78, 5) is 19.0. The summed E-state index contributed by atoms with van der Waals surface area (Å²) in [6.07, 6.45) is 4.62. The number of fused-ring (bicyclic) bond motifs is 1. The van der Waals surface area contributed by atoms with Gasteiger partial charge in [-0.15, -0.1) is 0 Å². The molecular formula is C20H22N4O2. The maximum absolute atomic E-state index is 12.0. The average Bonchev–Trinajstić information content (AvgIpc) is 3.09. The van der Waals surface area contributed by atoms with Crippen LogP contribution >= 0.6 is 0 Å². The van der Waals surface area contributed by atoms with Crippen LogP contribution in [-0.2, 0) is 16.9 Å². The lowest BCUT2D eigenvalue weighted by Crippen LogP contribution is -2.51. The summed E-state index contributed by atoms with van der Waals surface area (Å²) in [5.41, 5.74) is 2.05. The van der Waals surface area contributed by atoms with Crippen molar-refractivity contribution in [2.75, 3.05) is 13.1 Å². The van der Waals surface area contributed by atoms with Gasteiger partial charge in [0.15, 0.2) is 5.54 Å². The van der Waals surface area contributed by atoms with E-state index < -0.39 is 11.5 Å². The molecule has 4 rings (SSSR count). The number of pyridine rings is 1. The van der Waals surface area contributed by atoms with Crippen LogP contribution in [0.15, 0.2) is 48.8 Å². The van der Waals surface area contributed by atoms with E-state index >= 15 is 0 Å². The van der Waals surface area contributed by atoms with E-state index in [0.29, 0.717) is 25.9 Å². The highest BCUT2D eigenvalue weighted by atomic mass is 16.4. The van der Waals surface area contributed by atoms with Crippen molar-refractivity contribution in [3.63, 3.8) is 0 Å². The van der Waals surface area contributed by atoms with Crippen molar-refractivity contribution in [1.29, 1.82) is 0 Å². The molecule has 0 radical (unpaired) electrons. The third kappa shape index (κ3) is 2.97. The van der Waals surface area contributed by atoms with Crippen molar-refractivity contribution in [3.05, 3.63) is 60.0 Å². The molecule has 1 N–H and O–H groups in total. The lowest BCUT2D eigenvalue weighted by Gasteiger charge is -2.38. The maximum Gasteiger partial charge on any atom is 0.331 e. The number of para-hydroxylation sites is 1. The van der Waals surface area contributed by atoms with Crippen molar-refractivity contribution in [1.82, 2.24) is 19.7 Å². The molecule has 1 fully saturated rings. The fourth-order valence-corrected chi connectivity index (χ4v) is 3.69. The van der Waals surface area contributed by atoms with Crippen LogP contribution in [0.25, 0.3) is 10.9 Å². The molecule has 0 unspecified atom stereocenters. The van der Waals surface area contributed by atoms with Gasteiger partial charge in [0, 0.05) is 31.2 Å². The number of piperidine rings is 1. The fraction of sp³-hybridized carbons (Fsp3) is 0.350. The van der Waals surface area contributed by atoms with Crippen LogP contribution in [0, 0.1) is 6.92 Å². The van der Waals surface area contributed by atoms with E-state index in [1.54, 1.807) is 10.9 Å². The monoisotopic (exact) mass is 350 g/mol. The molecule has 0 amide bonds. The Bertz CT molecular complexity index is 942. The normalized spacial score (nSPS) is 17.4. The van der Waals surface area contributed by atoms with Gasteiger partial charge in [-0.3, -0.25) is 14.6 Å². The van der Waals surface area contributed by atoms with Gasteiger partial charge in [0.05, 0.1) is 17.4 Å². The van der Waals surface area contributed by atoms with Crippen LogP contribution < -0.4 is 0 Å². The van der Waals surface area contributed by atoms with E-state index in [0.717, 1.165) is 28.7 Å². The molecule has 1 aliphatic heterocycles. The van der Waals surface area contributed by atoms with E-state index in [4.69, 9.17) is 4.98 Å². The van der Waals surface area contributed by atoms with Gasteiger partial charge in [0.25, 0.3) is 0 Å². The summed E-state index contributed by atoms with van der Waals surface area (Å²) < 4.78 is 1.64. The Morgan fingerprint density at radius 1 is 1.19 bits per heavy atom. The summed E-state index contributed by atoms with van der Waals surface area (Å²) >= 11 is 0. The molecular weight excluding hydrogens is 328 g/mol. The standard InChI is InChI=1S/C20H22N4O2/c1-15-12-21-24(13-15)20(19(25)26)8-10-23(11-9-20)14-17-7-6-16-4-2-3-5-18(16)22-17/h2-7,12-13H,8-11,14H2,1H3,(H,25,26). The van der Waals surface area contributed by atoms with Gasteiger partial charge < -0.3 is 5.11 Å². The lowest BCUT2D eigenvalue weighted by molar-refractivity contribution is -0.151. The summed E-state index contributed by atoms with van der Waals surface area (Å²) in [5, 5.41) is 15.3. The largest absolute Gasteiger partial charge is 0.479 e. The molecule has 0 saturated carbocycles. The molecule has 0 atom stereocenters. The number of hydrogen-bond acceptors (Lipinski definition) is 4. The van der Waals surface area contributed by atoms with Gasteiger partial charge in [-0.1, -0.05) is 24.3 Å². The van der Waals surface area contributed by atoms with Gasteiger partial charge in [-0.2, -0.15) is 5.10 Å². The molecule has 1 aromatic carbocycles. The number of carbonyl (C=O) groups is 1. The highest BCUT2D eigenvalue weighted by molar-refractivity contribution is 5.78. The smallest absolute Gasteiger partial charge is 0.331 e. The zero-order valence-corrected chi connectivity index (χ0v) is 14.8. The average molecular weight is 350 g/mol. The van der Waals surface area contributed by atoms with E-state index in [1.807, 2.05) is 31.3 Å². The molecule has 2 aromatic heterocycles. The third-order valence-electron chi connectivity index (χ3n) is 5.27. The SMILES string of the molecule is Cc1cnn(C2(C(=O)O)CCN(Cc3ccc4ccccc4n3)CC2)c1. The second kappa shape index (κ2) is 6.53. The van der Waals surface area contributed by atoms with Gasteiger partial charge >= 0.3 is 5.97 Å². The van der Waals surface area contributed by atoms with Crippen molar-refractivity contribution < 1.29 is 9.90 Å². The Balaban J connectivity index is 1.49. The summed E-state index contributed by atoms with van der Waals surface area (Å²) in [6.45, 7) is 4.08. The number of aryl methyl sites for hydroxylation is 1. The lowest BCUT2D eigenvalue weighted by atomic mass is 9.87. The minimum atomic E-state index is -0.943. The van der Waals surface area contributed by atoms with E-state index in [1.165, 1.54) is 0 Å². The Morgan fingerprint density at radius 3 is 2.65 bits per heavy atom. The number of benzene rings is 1. The number of likely N-dealkylation sites (tertiary alicyclic amines) is 1. The molecule has 3 aromatic rings. The maximum atomic E-state index is 12.0. The van der Waals surface area contributed by atoms with E-state index in [-0.39, 0.29) is 0 Å². The van der Waals surface area contributed by atoms with Gasteiger partial charge in [0.1, 0.15) is 0 Å². The van der Waals surface area contributed by atoms with Crippen LogP contribution in [0.5, 0.6) is 0 Å². The van der Waals surface area contributed by atoms with Gasteiger partial charge in [-0.05, 0) is 37.5 Å². The van der Waals surface area contributed by atoms with Crippen molar-refractivity contribution >= 4 is 16.9 Å². The number of carboxylic acid groups (broad SMARTS) is 1. The minimum absolute atomic E-state index is 0.539. The Labute approximate surface area is 152 Å². The first kappa shape index (κ1) is 16.7. The zero-order chi connectivity index (χ0) is 18.1. The van der Waals surface area contributed by atoms with Crippen LogP contribution in [0.2, 0.25) is 0 Å². The molecule has 6 heteroatoms. The molecule has 1 saturated heterocycles. The first-order valence-electron chi connectivity index (χ1n) is 8.89. The summed E-state index contributed by atoms with van der Waals surface area (Å²) in [6, 6.07) is 12.2. The first-order valence-corrected chi connectivity index (χ1v) is 8.89. The van der Waals surface area contributed by atoms with Crippen LogP contribution in [0.4, 0.5) is 0 Å². The zero-order valence-electron chi connectivity index (χ0n) is 14.8. The van der Waals surface area contributed by atoms with Gasteiger partial charge in [-0.25, -0.2) is 4.79 Å². The molecule has 0 spiro atoms. The van der Waals surface area contributed by atoms with Gasteiger partial charge in [0.2, 0.25) is 0 Å².